The number of nitrogens with one attached hydrogen (secondary N) is 1. The maximum Gasteiger partial charge on any atom is 0.271 e. The normalized spacial score (nSPS) is 11.3. The topological polar surface area (TPSA) is 94.5 Å². The van der Waals surface area contributed by atoms with E-state index in [4.69, 9.17) is 0 Å². The minimum Gasteiger partial charge on any atom is -0.342 e. The van der Waals surface area contributed by atoms with Gasteiger partial charge < -0.3 is 9.13 Å². The van der Waals surface area contributed by atoms with Crippen LogP contribution in [0.25, 0.3) is 27.8 Å². The molecule has 0 saturated heterocycles. The summed E-state index contributed by atoms with van der Waals surface area (Å²) in [6.45, 7) is 2.52. The van der Waals surface area contributed by atoms with E-state index in [0.717, 1.165) is 44.7 Å². The van der Waals surface area contributed by atoms with Crippen LogP contribution in [-0.4, -0.2) is 26.2 Å². The highest BCUT2D eigenvalue weighted by molar-refractivity contribution is 6.00. The number of nitro benzene ring substituents is 1. The number of aromatic nitrogens is 2. The third-order valence-corrected chi connectivity index (χ3v) is 7.20. The van der Waals surface area contributed by atoms with Gasteiger partial charge in [0.15, 0.2) is 0 Å². The first-order chi connectivity index (χ1) is 20.5. The molecular formula is C34H27N5O3. The minimum absolute atomic E-state index is 0.0571. The van der Waals surface area contributed by atoms with E-state index in [1.54, 1.807) is 30.5 Å². The van der Waals surface area contributed by atoms with Gasteiger partial charge in [0.25, 0.3) is 11.6 Å². The Kier molecular flexibility index (Phi) is 7.17. The summed E-state index contributed by atoms with van der Waals surface area (Å²) in [5.74, 6) is -0.314. The van der Waals surface area contributed by atoms with E-state index < -0.39 is 4.92 Å². The molecule has 1 N–H and O–H groups in total. The van der Waals surface area contributed by atoms with Gasteiger partial charge in [-0.25, -0.2) is 5.43 Å². The molecule has 42 heavy (non-hydrogen) atoms. The van der Waals surface area contributed by atoms with Gasteiger partial charge >= 0.3 is 0 Å². The van der Waals surface area contributed by atoms with Crippen molar-refractivity contribution in [3.05, 3.63) is 154 Å². The largest absolute Gasteiger partial charge is 0.342 e. The summed E-state index contributed by atoms with van der Waals surface area (Å²) in [4.78, 5) is 23.7. The molecule has 0 bridgehead atoms. The lowest BCUT2D eigenvalue weighted by molar-refractivity contribution is -0.384. The predicted octanol–water partition coefficient (Wildman–Crippen LogP) is 7.13. The van der Waals surface area contributed by atoms with E-state index in [1.807, 2.05) is 71.4 Å². The van der Waals surface area contributed by atoms with Gasteiger partial charge in [-0.3, -0.25) is 14.9 Å². The molecule has 6 rings (SSSR count). The smallest absolute Gasteiger partial charge is 0.271 e. The molecule has 0 unspecified atom stereocenters. The fraction of sp³-hybridized carbons (Fsp3) is 0.0588. The van der Waals surface area contributed by atoms with E-state index >= 15 is 0 Å². The van der Waals surface area contributed by atoms with E-state index in [1.165, 1.54) is 6.07 Å². The average Bonchev–Trinajstić information content (AvgIpc) is 3.58. The third-order valence-electron chi connectivity index (χ3n) is 7.20. The van der Waals surface area contributed by atoms with Gasteiger partial charge in [-0.2, -0.15) is 5.10 Å². The number of hydrogen-bond acceptors (Lipinski definition) is 4. The summed E-state index contributed by atoms with van der Waals surface area (Å²) >= 11 is 0. The van der Waals surface area contributed by atoms with Crippen LogP contribution >= 0.6 is 0 Å². The number of hydrazone groups is 1. The number of amides is 1. The summed E-state index contributed by atoms with van der Waals surface area (Å²) < 4.78 is 4.18. The van der Waals surface area contributed by atoms with Crippen molar-refractivity contribution in [2.45, 2.75) is 13.5 Å². The van der Waals surface area contributed by atoms with Crippen molar-refractivity contribution in [3.8, 4) is 16.9 Å². The number of carbonyl (C=O) groups is 1. The van der Waals surface area contributed by atoms with Crippen LogP contribution in [-0.2, 0) is 6.54 Å². The average molecular weight is 554 g/mol. The molecule has 0 spiro atoms. The Labute approximate surface area is 242 Å². The van der Waals surface area contributed by atoms with Crippen LogP contribution in [0.2, 0.25) is 0 Å². The molecule has 0 radical (unpaired) electrons. The summed E-state index contributed by atoms with van der Waals surface area (Å²) in [5.41, 5.74) is 10.0. The van der Waals surface area contributed by atoms with Crippen LogP contribution in [0.1, 0.15) is 27.2 Å². The van der Waals surface area contributed by atoms with Gasteiger partial charge in [0.05, 0.1) is 16.8 Å². The fourth-order valence-corrected chi connectivity index (χ4v) is 5.18. The number of benzene rings is 4. The van der Waals surface area contributed by atoms with E-state index in [2.05, 4.69) is 46.3 Å². The van der Waals surface area contributed by atoms with E-state index in [0.29, 0.717) is 12.1 Å². The van der Waals surface area contributed by atoms with Gasteiger partial charge in [-0.05, 0) is 60.5 Å². The van der Waals surface area contributed by atoms with Gasteiger partial charge in [0.2, 0.25) is 0 Å². The molecule has 0 aliphatic carbocycles. The van der Waals surface area contributed by atoms with Gasteiger partial charge in [0.1, 0.15) is 0 Å². The number of fused-ring (bicyclic) bond motifs is 1. The summed E-state index contributed by atoms with van der Waals surface area (Å²) in [5, 5.41) is 16.4. The fourth-order valence-electron chi connectivity index (χ4n) is 5.18. The number of hydrogen-bond donors (Lipinski definition) is 1. The molecule has 0 saturated carbocycles. The maximum absolute atomic E-state index is 12.9. The van der Waals surface area contributed by atoms with Crippen molar-refractivity contribution in [2.75, 3.05) is 0 Å². The zero-order chi connectivity index (χ0) is 29.1. The zero-order valence-corrected chi connectivity index (χ0v) is 22.8. The summed E-state index contributed by atoms with van der Waals surface area (Å²) in [6.07, 6.45) is 3.55. The van der Waals surface area contributed by atoms with Crippen LogP contribution < -0.4 is 5.43 Å². The molecule has 2 heterocycles. The molecule has 8 nitrogen and oxygen atoms in total. The lowest BCUT2D eigenvalue weighted by Crippen LogP contribution is -2.17. The summed E-state index contributed by atoms with van der Waals surface area (Å²) in [7, 11) is 0. The Morgan fingerprint density at radius 3 is 2.45 bits per heavy atom. The number of nitrogens with zero attached hydrogens (tertiary/aromatic N) is 4. The lowest BCUT2D eigenvalue weighted by atomic mass is 10.1. The highest BCUT2D eigenvalue weighted by Crippen LogP contribution is 2.27. The van der Waals surface area contributed by atoms with Crippen molar-refractivity contribution in [2.24, 2.45) is 5.10 Å². The number of nitro groups is 1. The SMILES string of the molecule is Cc1ccc(-c2ccccc2)n1-c1ccc(C(=O)N/N=C\c2cn(Cc3cccc([N+](=O)[O-])c3)c3ccccc23)cc1. The number of non-ortho nitro benzene ring substituents is 1. The summed E-state index contributed by atoms with van der Waals surface area (Å²) in [6, 6.07) is 36.3. The van der Waals surface area contributed by atoms with E-state index in [-0.39, 0.29) is 11.6 Å². The van der Waals surface area contributed by atoms with Crippen LogP contribution in [0.15, 0.2) is 127 Å². The molecule has 0 aliphatic rings. The molecule has 4 aromatic carbocycles. The second-order valence-electron chi connectivity index (χ2n) is 9.96. The molecule has 6 aromatic rings. The lowest BCUT2D eigenvalue weighted by Gasteiger charge is -2.12. The van der Waals surface area contributed by atoms with Gasteiger partial charge in [-0.1, -0.05) is 60.7 Å². The Morgan fingerprint density at radius 2 is 1.67 bits per heavy atom. The molecule has 0 atom stereocenters. The quantitative estimate of drug-likeness (QED) is 0.123. The third kappa shape index (κ3) is 5.33. The minimum atomic E-state index is -0.394. The first kappa shape index (κ1) is 26.5. The highest BCUT2D eigenvalue weighted by Gasteiger charge is 2.12. The molecule has 0 aliphatic heterocycles. The van der Waals surface area contributed by atoms with Crippen molar-refractivity contribution in [3.63, 3.8) is 0 Å². The number of carbonyl (C=O) groups excluding carboxylic acids is 1. The molecule has 206 valence electrons. The van der Waals surface area contributed by atoms with Crippen molar-refractivity contribution in [1.82, 2.24) is 14.6 Å². The first-order valence-corrected chi connectivity index (χ1v) is 13.5. The molecular weight excluding hydrogens is 526 g/mol. The zero-order valence-electron chi connectivity index (χ0n) is 22.8. The second kappa shape index (κ2) is 11.4. The van der Waals surface area contributed by atoms with Crippen molar-refractivity contribution >= 4 is 28.7 Å². The number of rotatable bonds is 8. The molecule has 1 amide bonds. The molecule has 2 aromatic heterocycles. The molecule has 0 fully saturated rings. The predicted molar refractivity (Wildman–Crippen MR) is 165 cm³/mol. The van der Waals surface area contributed by atoms with E-state index in [9.17, 15) is 14.9 Å². The molecule has 8 heteroatoms. The second-order valence-corrected chi connectivity index (χ2v) is 9.96. The maximum atomic E-state index is 12.9. The van der Waals surface area contributed by atoms with Gasteiger partial charge in [0, 0.05) is 58.3 Å². The van der Waals surface area contributed by atoms with Crippen LogP contribution in [0, 0.1) is 17.0 Å². The van der Waals surface area contributed by atoms with Crippen LogP contribution in [0.4, 0.5) is 5.69 Å². The Balaban J connectivity index is 1.18. The standard InChI is InChI=1S/C34H27N5O3/c1-24-14-19-32(26-9-3-2-4-10-26)38(24)29-17-15-27(16-18-29)34(40)36-35-21-28-23-37(33-13-6-5-12-31(28)33)22-25-8-7-11-30(20-25)39(41)42/h2-21,23H,22H2,1H3,(H,36,40)/b35-21-. The number of para-hydroxylation sites is 1. The Morgan fingerprint density at radius 1 is 0.905 bits per heavy atom. The Bertz CT molecular complexity index is 1940. The van der Waals surface area contributed by atoms with Gasteiger partial charge in [-0.15, -0.1) is 0 Å². The van der Waals surface area contributed by atoms with Crippen molar-refractivity contribution in [1.29, 1.82) is 0 Å². The Hall–Kier alpha value is -5.76. The van der Waals surface area contributed by atoms with Crippen LogP contribution in [0.3, 0.4) is 0 Å². The first-order valence-electron chi connectivity index (χ1n) is 13.5. The van der Waals surface area contributed by atoms with Crippen molar-refractivity contribution < 1.29 is 9.72 Å². The van der Waals surface area contributed by atoms with Crippen LogP contribution in [0.5, 0.6) is 0 Å². The monoisotopic (exact) mass is 553 g/mol. The number of aryl methyl sites for hydroxylation is 1. The highest BCUT2D eigenvalue weighted by atomic mass is 16.6.